The van der Waals surface area contributed by atoms with Gasteiger partial charge in [-0.1, -0.05) is 36.4 Å². The van der Waals surface area contributed by atoms with E-state index >= 15 is 0 Å². The summed E-state index contributed by atoms with van der Waals surface area (Å²) >= 11 is -3.57. The molecule has 0 aliphatic rings. The van der Waals surface area contributed by atoms with E-state index in [9.17, 15) is 13.2 Å². The SMILES string of the molecule is CCO.CO.CO.O=S(=O)([O-])C(F)(F)F.[CH3][Ge]([CH3])([CH3])[c]1ccc(-c2[c-]ccc(-c3ccccc3)c2)nc1.[CH3][Ge]([CH3])([CH3])[c]1ccc(-c2cccc(-c3ccccc3)c2)nc1.[Ir].[Ir].[c-]1ccccc1-c1ccccn1.[c-]1ccccc1-c1ccccn1.[c-]1ccccc1-c1ccccn1. The van der Waals surface area contributed by atoms with Gasteiger partial charge in [-0.05, 0) is 42.2 Å². The van der Waals surface area contributed by atoms with E-state index in [0.29, 0.717) is 0 Å². The maximum atomic E-state index is 10.7. The van der Waals surface area contributed by atoms with Crippen molar-refractivity contribution in [3.8, 4) is 78.5 Å². The van der Waals surface area contributed by atoms with E-state index in [0.717, 1.165) is 64.9 Å². The molecular formula is C78H79F3Ge2Ir2N5O6S-5. The fourth-order valence-electron chi connectivity index (χ4n) is 8.14. The van der Waals surface area contributed by atoms with Crippen molar-refractivity contribution >= 4 is 45.4 Å². The summed E-state index contributed by atoms with van der Waals surface area (Å²) in [6, 6.07) is 98.3. The Kier molecular flexibility index (Phi) is 40.2. The standard InChI is InChI=1S/C20H21GeN.C20H20GeN.3C11H8N.C2H6O.CHF3O3S.2CH4O.2Ir/c2*1-21(2,3)19-12-13-20(22-15-19)18-11-7-10-17(14-18)16-8-5-4-6-9-16;3*1-2-6-10(7-3-1)11-8-4-5-9-12-11;1-2-3;2-1(3,4)8(5,6)7;2*1-2;;/h4-15H,1-3H3;4-10,12-15H,1-3H3;3*1-6,8-9H;3H,2H2,1H3;(H,5,6,7);2*2H,1H3;;/q;4*-1;;;;;;/p-1. The summed E-state index contributed by atoms with van der Waals surface area (Å²) in [4.78, 5) is 22.0. The summed E-state index contributed by atoms with van der Waals surface area (Å²) in [6.07, 6.45) is 9.49. The van der Waals surface area contributed by atoms with Crippen molar-refractivity contribution in [1.29, 1.82) is 0 Å². The van der Waals surface area contributed by atoms with E-state index in [1.165, 1.54) is 36.6 Å². The first kappa shape index (κ1) is 85.3. The first-order valence-electron chi connectivity index (χ1n) is 30.0. The predicted molar refractivity (Wildman–Crippen MR) is 385 cm³/mol. The molecule has 0 fully saturated rings. The molecule has 510 valence electrons. The third-order valence-corrected chi connectivity index (χ3v) is 22.0. The van der Waals surface area contributed by atoms with Crippen LogP contribution >= 0.6 is 0 Å². The van der Waals surface area contributed by atoms with Crippen LogP contribution in [0.2, 0.25) is 34.5 Å². The van der Waals surface area contributed by atoms with Gasteiger partial charge in [0.25, 0.3) is 0 Å². The van der Waals surface area contributed by atoms with Crippen molar-refractivity contribution in [3.05, 3.63) is 310 Å². The quantitative estimate of drug-likeness (QED) is 0.0541. The zero-order chi connectivity index (χ0) is 69.5. The normalized spacial score (nSPS) is 10.2. The number of aliphatic hydroxyl groups is 3. The predicted octanol–water partition coefficient (Wildman–Crippen LogP) is 16.6. The van der Waals surface area contributed by atoms with Crippen molar-refractivity contribution in [3.63, 3.8) is 0 Å². The molecule has 0 saturated heterocycles. The van der Waals surface area contributed by atoms with Crippen LogP contribution in [0.15, 0.2) is 286 Å². The molecule has 12 aromatic rings. The van der Waals surface area contributed by atoms with Gasteiger partial charge in [0.2, 0.25) is 0 Å². The van der Waals surface area contributed by atoms with E-state index in [-0.39, 0.29) is 46.8 Å². The van der Waals surface area contributed by atoms with Gasteiger partial charge in [-0.2, -0.15) is 13.2 Å². The van der Waals surface area contributed by atoms with Gasteiger partial charge in [0.15, 0.2) is 10.1 Å². The summed E-state index contributed by atoms with van der Waals surface area (Å²) in [7, 11) is -4.09. The van der Waals surface area contributed by atoms with E-state index in [1.807, 2.05) is 146 Å². The van der Waals surface area contributed by atoms with Crippen molar-refractivity contribution in [2.24, 2.45) is 0 Å². The molecule has 0 aliphatic heterocycles. The Hall–Kier alpha value is -7.75. The number of alkyl halides is 3. The second-order valence-corrected chi connectivity index (χ2v) is 44.5. The van der Waals surface area contributed by atoms with Crippen LogP contribution in [0.5, 0.6) is 0 Å². The second-order valence-electron chi connectivity index (χ2n) is 21.9. The molecule has 0 spiro atoms. The number of aliphatic hydroxyl groups excluding tert-OH is 3. The van der Waals surface area contributed by atoms with Crippen molar-refractivity contribution in [2.45, 2.75) is 47.0 Å². The Balaban J connectivity index is 0.000000398. The van der Waals surface area contributed by atoms with Crippen LogP contribution in [0, 0.1) is 24.3 Å². The van der Waals surface area contributed by atoms with Gasteiger partial charge in [-0.3, -0.25) is 0 Å². The van der Waals surface area contributed by atoms with Gasteiger partial charge >= 0.3 is 276 Å². The minimum absolute atomic E-state index is 0. The monoisotopic (exact) mass is 1800 g/mol. The molecule has 97 heavy (non-hydrogen) atoms. The molecule has 19 heteroatoms. The fraction of sp³-hybridized carbons (Fsp3) is 0.141. The largest absolute Gasteiger partial charge is 0.305 e. The molecule has 11 nitrogen and oxygen atoms in total. The summed E-state index contributed by atoms with van der Waals surface area (Å²) in [5.74, 6) is 14.3. The summed E-state index contributed by atoms with van der Waals surface area (Å²) in [5, 5.41) is 21.6. The Labute approximate surface area is 603 Å². The van der Waals surface area contributed by atoms with Gasteiger partial charge in [0.05, 0.1) is 0 Å². The maximum Gasteiger partial charge on any atom is 0.0160 e. The first-order valence-corrected chi connectivity index (χ1v) is 46.1. The Morgan fingerprint density at radius 3 is 1.00 bits per heavy atom. The molecule has 0 amide bonds. The minimum atomic E-state index is -6.09. The molecule has 2 radical (unpaired) electrons. The molecule has 0 saturated carbocycles. The number of rotatable bonds is 9. The maximum absolute atomic E-state index is 10.7. The first-order chi connectivity index (χ1) is 45.6. The van der Waals surface area contributed by atoms with Gasteiger partial charge in [0, 0.05) is 79.6 Å². The zero-order valence-corrected chi connectivity index (χ0v) is 65.2. The molecule has 12 rings (SSSR count). The van der Waals surface area contributed by atoms with Crippen molar-refractivity contribution in [2.75, 3.05) is 20.8 Å². The van der Waals surface area contributed by atoms with Crippen molar-refractivity contribution in [1.82, 2.24) is 24.9 Å². The average Bonchev–Trinajstić information content (AvgIpc) is 0.948. The number of pyridine rings is 5. The van der Waals surface area contributed by atoms with Crippen LogP contribution in [0.3, 0.4) is 0 Å². The van der Waals surface area contributed by atoms with E-state index in [4.69, 9.17) is 33.3 Å². The zero-order valence-electron chi connectivity index (χ0n) is 55.4. The smallest absolute Gasteiger partial charge is 0.0160 e. The van der Waals surface area contributed by atoms with Crippen LogP contribution in [0.1, 0.15) is 6.92 Å². The van der Waals surface area contributed by atoms with E-state index in [1.54, 1.807) is 25.5 Å². The number of hydrogen-bond acceptors (Lipinski definition) is 11. The number of aromatic nitrogens is 5. The molecule has 5 heterocycles. The van der Waals surface area contributed by atoms with Crippen LogP contribution in [-0.4, -0.2) is 106 Å². The molecule has 0 atom stereocenters. The fourth-order valence-corrected chi connectivity index (χ4v) is 12.5. The molecule has 0 aliphatic carbocycles. The van der Waals surface area contributed by atoms with Gasteiger partial charge in [-0.15, -0.1) is 108 Å². The summed E-state index contributed by atoms with van der Waals surface area (Å²) < 4.78 is 61.8. The molecule has 0 unspecified atom stereocenters. The van der Waals surface area contributed by atoms with E-state index < -0.39 is 42.2 Å². The second kappa shape index (κ2) is 45.7. The third kappa shape index (κ3) is 31.1. The van der Waals surface area contributed by atoms with Crippen LogP contribution < -0.4 is 8.79 Å². The number of nitrogens with zero attached hydrogens (tertiary/aromatic N) is 5. The Bertz CT molecular complexity index is 3680. The average molecular weight is 1800 g/mol. The summed E-state index contributed by atoms with van der Waals surface area (Å²) in [5.41, 5.74) is 9.55. The third-order valence-electron chi connectivity index (χ3n) is 12.9. The molecule has 7 aromatic carbocycles. The topological polar surface area (TPSA) is 182 Å². The number of hydrogen-bond donors (Lipinski definition) is 3. The number of halogens is 3. The van der Waals surface area contributed by atoms with Crippen LogP contribution in [-0.2, 0) is 50.3 Å². The molecule has 5 aromatic heterocycles. The Morgan fingerprint density at radius 2 is 0.691 bits per heavy atom. The minimum Gasteiger partial charge on any atom is -0.305 e. The summed E-state index contributed by atoms with van der Waals surface area (Å²) in [6.45, 7) is 1.93. The molecular weight excluding hydrogens is 1720 g/mol. The number of benzene rings is 7. The van der Waals surface area contributed by atoms with Crippen LogP contribution in [0.25, 0.3) is 78.5 Å². The molecule has 0 bridgehead atoms. The van der Waals surface area contributed by atoms with Crippen LogP contribution in [0.4, 0.5) is 13.2 Å². The Morgan fingerprint density at radius 1 is 0.381 bits per heavy atom. The molecule has 3 N–H and O–H groups in total. The van der Waals surface area contributed by atoms with Gasteiger partial charge in [-0.25, -0.2) is 8.42 Å². The van der Waals surface area contributed by atoms with Gasteiger partial charge in [0.1, 0.15) is 0 Å². The van der Waals surface area contributed by atoms with E-state index in [2.05, 4.69) is 200 Å². The van der Waals surface area contributed by atoms with Crippen molar-refractivity contribution < 1.29 is 81.7 Å². The van der Waals surface area contributed by atoms with Gasteiger partial charge < -0.3 is 34.8 Å².